The van der Waals surface area contributed by atoms with Gasteiger partial charge in [-0.1, -0.05) is 55.2 Å². The van der Waals surface area contributed by atoms with Crippen LogP contribution in [0.1, 0.15) is 43.4 Å². The lowest BCUT2D eigenvalue weighted by Gasteiger charge is -2.18. The molecule has 0 N–H and O–H groups in total. The summed E-state index contributed by atoms with van der Waals surface area (Å²) in [6.45, 7) is 8.75. The molecular formula is C27H25Cl2N3O2. The Morgan fingerprint density at radius 2 is 1.85 bits per heavy atom. The van der Waals surface area contributed by atoms with E-state index in [1.165, 1.54) is 4.68 Å². The van der Waals surface area contributed by atoms with Crippen molar-refractivity contribution >= 4 is 40.3 Å². The third-order valence-electron chi connectivity index (χ3n) is 5.54. The van der Waals surface area contributed by atoms with Gasteiger partial charge in [0.05, 0.1) is 33.8 Å². The first-order valence-corrected chi connectivity index (χ1v) is 11.8. The van der Waals surface area contributed by atoms with E-state index >= 15 is 0 Å². The molecule has 0 amide bonds. The highest BCUT2D eigenvalue weighted by molar-refractivity contribution is 6.42. The van der Waals surface area contributed by atoms with Crippen molar-refractivity contribution in [1.82, 2.24) is 9.66 Å². The van der Waals surface area contributed by atoms with Gasteiger partial charge in [0.15, 0.2) is 5.82 Å². The normalized spacial score (nSPS) is 11.6. The molecule has 0 atom stereocenters. The quantitative estimate of drug-likeness (QED) is 0.269. The van der Waals surface area contributed by atoms with Crippen LogP contribution in [0.2, 0.25) is 10.0 Å². The molecule has 4 aromatic rings. The fourth-order valence-corrected chi connectivity index (χ4v) is 4.10. The maximum Gasteiger partial charge on any atom is 0.282 e. The molecule has 7 heteroatoms. The Bertz CT molecular complexity index is 1460. The van der Waals surface area contributed by atoms with Crippen LogP contribution < -0.4 is 10.3 Å². The van der Waals surface area contributed by atoms with Crippen LogP contribution in [0.4, 0.5) is 0 Å². The van der Waals surface area contributed by atoms with Gasteiger partial charge in [-0.15, -0.1) is 0 Å². The molecule has 0 fully saturated rings. The van der Waals surface area contributed by atoms with E-state index in [9.17, 15) is 4.79 Å². The zero-order valence-electron chi connectivity index (χ0n) is 19.5. The summed E-state index contributed by atoms with van der Waals surface area (Å²) >= 11 is 12.2. The summed E-state index contributed by atoms with van der Waals surface area (Å²) in [5, 5.41) is 5.89. The lowest BCUT2D eigenvalue weighted by molar-refractivity contribution is 0.335. The highest BCUT2D eigenvalue weighted by atomic mass is 35.5. The molecule has 4 rings (SSSR count). The number of rotatable bonds is 6. The number of nitrogens with zero attached hydrogens (tertiary/aromatic N) is 3. The molecule has 5 nitrogen and oxygen atoms in total. The fraction of sp³-hybridized carbons (Fsp3) is 0.222. The molecule has 3 aromatic carbocycles. The Labute approximate surface area is 208 Å². The van der Waals surface area contributed by atoms with Gasteiger partial charge >= 0.3 is 0 Å². The van der Waals surface area contributed by atoms with Crippen LogP contribution in [0.15, 0.2) is 64.5 Å². The van der Waals surface area contributed by atoms with Crippen molar-refractivity contribution in [2.75, 3.05) is 6.61 Å². The van der Waals surface area contributed by atoms with E-state index in [1.807, 2.05) is 44.2 Å². The highest BCUT2D eigenvalue weighted by Crippen LogP contribution is 2.34. The molecule has 1 heterocycles. The Morgan fingerprint density at radius 3 is 2.56 bits per heavy atom. The number of aromatic nitrogens is 2. The number of ether oxygens (including phenoxy) is 1. The van der Waals surface area contributed by atoms with E-state index < -0.39 is 0 Å². The first-order chi connectivity index (χ1) is 16.3. The SMILES string of the molecule is CCOc1cc(C)c(-c2nc3ccccc3c(=O)n2N=Cc2ccc(Cl)c(Cl)c2)cc1C(C)C. The van der Waals surface area contributed by atoms with E-state index in [0.717, 1.165) is 22.4 Å². The average molecular weight is 494 g/mol. The van der Waals surface area contributed by atoms with Crippen molar-refractivity contribution < 1.29 is 4.74 Å². The zero-order chi connectivity index (χ0) is 24.4. The van der Waals surface area contributed by atoms with Crippen LogP contribution in [-0.2, 0) is 0 Å². The fourth-order valence-electron chi connectivity index (χ4n) is 3.79. The summed E-state index contributed by atoms with van der Waals surface area (Å²) in [6, 6.07) is 16.5. The minimum Gasteiger partial charge on any atom is -0.494 e. The van der Waals surface area contributed by atoms with Crippen molar-refractivity contribution in [2.24, 2.45) is 5.10 Å². The van der Waals surface area contributed by atoms with Gasteiger partial charge in [0, 0.05) is 5.56 Å². The Kier molecular flexibility index (Phi) is 7.05. The Balaban J connectivity index is 1.97. The molecule has 34 heavy (non-hydrogen) atoms. The van der Waals surface area contributed by atoms with Gasteiger partial charge < -0.3 is 4.74 Å². The molecule has 0 saturated carbocycles. The van der Waals surface area contributed by atoms with Crippen molar-refractivity contribution in [3.63, 3.8) is 0 Å². The summed E-state index contributed by atoms with van der Waals surface area (Å²) in [4.78, 5) is 18.4. The first kappa shape index (κ1) is 24.0. The van der Waals surface area contributed by atoms with Crippen LogP contribution in [0.25, 0.3) is 22.3 Å². The van der Waals surface area contributed by atoms with Gasteiger partial charge in [0.25, 0.3) is 5.56 Å². The number of aryl methyl sites for hydroxylation is 1. The molecule has 0 unspecified atom stereocenters. The van der Waals surface area contributed by atoms with Gasteiger partial charge in [0.2, 0.25) is 0 Å². The minimum atomic E-state index is -0.253. The van der Waals surface area contributed by atoms with Crippen LogP contribution >= 0.6 is 23.2 Å². The molecule has 1 aromatic heterocycles. The molecule has 174 valence electrons. The average Bonchev–Trinajstić information content (AvgIpc) is 2.81. The predicted molar refractivity (Wildman–Crippen MR) is 141 cm³/mol. The van der Waals surface area contributed by atoms with Gasteiger partial charge in [-0.3, -0.25) is 4.79 Å². The van der Waals surface area contributed by atoms with Crippen molar-refractivity contribution in [3.05, 3.63) is 91.7 Å². The third kappa shape index (κ3) is 4.72. The Morgan fingerprint density at radius 1 is 1.09 bits per heavy atom. The summed E-state index contributed by atoms with van der Waals surface area (Å²) in [5.41, 5.74) is 3.88. The maximum atomic E-state index is 13.5. The zero-order valence-corrected chi connectivity index (χ0v) is 21.0. The van der Waals surface area contributed by atoms with Crippen LogP contribution in [-0.4, -0.2) is 22.5 Å². The highest BCUT2D eigenvalue weighted by Gasteiger charge is 2.18. The van der Waals surface area contributed by atoms with E-state index in [2.05, 4.69) is 18.9 Å². The van der Waals surface area contributed by atoms with Crippen LogP contribution in [0, 0.1) is 6.92 Å². The number of hydrogen-bond donors (Lipinski definition) is 0. The van der Waals surface area contributed by atoms with E-state index in [4.69, 9.17) is 32.9 Å². The van der Waals surface area contributed by atoms with Gasteiger partial charge in [0.1, 0.15) is 5.75 Å². The van der Waals surface area contributed by atoms with Gasteiger partial charge in [-0.05, 0) is 72.9 Å². The largest absolute Gasteiger partial charge is 0.494 e. The molecule has 0 saturated heterocycles. The standard InChI is InChI=1S/C27H25Cl2N3O2/c1-5-34-25-12-17(4)21(14-20(25)16(2)3)26-31-24-9-7-6-8-19(24)27(33)32(26)30-15-18-10-11-22(28)23(29)13-18/h6-16H,5H2,1-4H3. The summed E-state index contributed by atoms with van der Waals surface area (Å²) in [5.74, 6) is 1.52. The van der Waals surface area contributed by atoms with Crippen LogP contribution in [0.5, 0.6) is 5.75 Å². The van der Waals surface area contributed by atoms with Crippen molar-refractivity contribution in [3.8, 4) is 17.1 Å². The first-order valence-electron chi connectivity index (χ1n) is 11.1. The van der Waals surface area contributed by atoms with Gasteiger partial charge in [-0.25, -0.2) is 4.98 Å². The summed E-state index contributed by atoms with van der Waals surface area (Å²) in [6.07, 6.45) is 1.58. The van der Waals surface area contributed by atoms with E-state index in [-0.39, 0.29) is 11.5 Å². The molecule has 0 bridgehead atoms. The number of halogens is 2. The number of benzene rings is 3. The molecule has 0 aliphatic heterocycles. The second kappa shape index (κ2) is 10.00. The van der Waals surface area contributed by atoms with E-state index in [1.54, 1.807) is 30.5 Å². The minimum absolute atomic E-state index is 0.223. The topological polar surface area (TPSA) is 56.5 Å². The van der Waals surface area contributed by atoms with Crippen molar-refractivity contribution in [2.45, 2.75) is 33.6 Å². The summed E-state index contributed by atoms with van der Waals surface area (Å²) < 4.78 is 7.22. The van der Waals surface area contributed by atoms with E-state index in [0.29, 0.717) is 38.9 Å². The summed E-state index contributed by atoms with van der Waals surface area (Å²) in [7, 11) is 0. The number of fused-ring (bicyclic) bond motifs is 1. The molecule has 0 radical (unpaired) electrons. The maximum absolute atomic E-state index is 13.5. The second-order valence-electron chi connectivity index (χ2n) is 8.28. The lowest BCUT2D eigenvalue weighted by Crippen LogP contribution is -2.20. The monoisotopic (exact) mass is 493 g/mol. The van der Waals surface area contributed by atoms with Gasteiger partial charge in [-0.2, -0.15) is 9.78 Å². The predicted octanol–water partition coefficient (Wildman–Crippen LogP) is 7.08. The molecule has 0 aliphatic rings. The van der Waals surface area contributed by atoms with Crippen molar-refractivity contribution in [1.29, 1.82) is 0 Å². The molecular weight excluding hydrogens is 469 g/mol. The molecule has 0 aliphatic carbocycles. The lowest BCUT2D eigenvalue weighted by atomic mass is 9.96. The Hall–Kier alpha value is -3.15. The smallest absolute Gasteiger partial charge is 0.282 e. The second-order valence-corrected chi connectivity index (χ2v) is 9.09. The van der Waals surface area contributed by atoms with Crippen LogP contribution in [0.3, 0.4) is 0 Å². The number of hydrogen-bond acceptors (Lipinski definition) is 4. The molecule has 0 spiro atoms. The third-order valence-corrected chi connectivity index (χ3v) is 6.28. The number of para-hydroxylation sites is 1.